The van der Waals surface area contributed by atoms with Crippen molar-refractivity contribution in [3.8, 4) is 0 Å². The second-order valence-corrected chi connectivity index (χ2v) is 4.31. The lowest BCUT2D eigenvalue weighted by Crippen LogP contribution is -2.01. The lowest BCUT2D eigenvalue weighted by molar-refractivity contribution is 0.971. The van der Waals surface area contributed by atoms with Gasteiger partial charge in [-0.15, -0.1) is 0 Å². The van der Waals surface area contributed by atoms with E-state index >= 15 is 0 Å². The fourth-order valence-corrected chi connectivity index (χ4v) is 1.65. The molecule has 1 aromatic carbocycles. The van der Waals surface area contributed by atoms with Crippen LogP contribution in [0.2, 0.25) is 5.31 Å². The molecule has 1 atom stereocenters. The Bertz CT molecular complexity index is 479. The maximum Gasteiger partial charge on any atom is 0.113 e. The van der Waals surface area contributed by atoms with E-state index in [1.54, 1.807) is 0 Å². The average Bonchev–Trinajstić information content (AvgIpc) is 2.39. The fourth-order valence-electron chi connectivity index (χ4n) is 1.65. The predicted octanol–water partition coefficient (Wildman–Crippen LogP) is 2.34. The first-order valence-electron chi connectivity index (χ1n) is 5.30. The maximum atomic E-state index is 6.02. The van der Waals surface area contributed by atoms with Gasteiger partial charge in [0.25, 0.3) is 0 Å². The van der Waals surface area contributed by atoms with Crippen LogP contribution in [0, 0.1) is 0 Å². The van der Waals surface area contributed by atoms with Crippen molar-refractivity contribution in [3.63, 3.8) is 0 Å². The minimum absolute atomic E-state index is 0.376. The molecule has 2 heteroatoms. The number of rotatable bonds is 1. The van der Waals surface area contributed by atoms with Crippen LogP contribution in [-0.4, -0.2) is 15.7 Å². The molecule has 0 bridgehead atoms. The van der Waals surface area contributed by atoms with Crippen LogP contribution >= 0.6 is 0 Å². The Morgan fingerprint density at radius 3 is 2.75 bits per heavy atom. The summed E-state index contributed by atoms with van der Waals surface area (Å²) in [7, 11) is 11.8. The zero-order valence-corrected chi connectivity index (χ0v) is 9.35. The molecule has 16 heavy (non-hydrogen) atoms. The number of allylic oxidation sites excluding steroid dienone is 6. The van der Waals surface area contributed by atoms with E-state index in [1.807, 2.05) is 61.6 Å². The Labute approximate surface area is 99.6 Å². The Balaban J connectivity index is 2.37. The van der Waals surface area contributed by atoms with Crippen molar-refractivity contribution in [1.29, 1.82) is 0 Å². The molecule has 0 aromatic heterocycles. The molecule has 0 heterocycles. The topological polar surface area (TPSA) is 0 Å². The molecule has 0 fully saturated rings. The highest BCUT2D eigenvalue weighted by molar-refractivity contribution is 6.32. The summed E-state index contributed by atoms with van der Waals surface area (Å²) in [5.41, 5.74) is 3.01. The van der Waals surface area contributed by atoms with Gasteiger partial charge in [0, 0.05) is 0 Å². The molecular weight excluding hydrogens is 190 g/mol. The highest BCUT2D eigenvalue weighted by Gasteiger charge is 2.10. The molecule has 0 saturated heterocycles. The van der Waals surface area contributed by atoms with E-state index in [4.69, 9.17) is 15.7 Å². The van der Waals surface area contributed by atoms with Gasteiger partial charge >= 0.3 is 0 Å². The van der Waals surface area contributed by atoms with Gasteiger partial charge in [-0.2, -0.15) is 0 Å². The van der Waals surface area contributed by atoms with Crippen molar-refractivity contribution in [2.45, 2.75) is 12.2 Å². The summed E-state index contributed by atoms with van der Waals surface area (Å²) in [6.45, 7) is 1.97. The first kappa shape index (κ1) is 11.1. The van der Waals surface area contributed by atoms with Crippen LogP contribution in [0.15, 0.2) is 54.6 Å². The highest BCUT2D eigenvalue weighted by atomic mass is 14.1. The number of benzene rings is 1. The van der Waals surface area contributed by atoms with Crippen LogP contribution in [0.5, 0.6) is 0 Å². The van der Waals surface area contributed by atoms with Gasteiger partial charge in [-0.25, -0.2) is 0 Å². The van der Waals surface area contributed by atoms with Gasteiger partial charge in [-0.3, -0.25) is 0 Å². The summed E-state index contributed by atoms with van der Waals surface area (Å²) in [5.74, 6) is 0. The molecule has 74 valence electrons. The van der Waals surface area contributed by atoms with E-state index in [1.165, 1.54) is 0 Å². The lowest BCUT2D eigenvalue weighted by atomic mass is 9.70. The van der Waals surface area contributed by atoms with Crippen molar-refractivity contribution in [1.82, 2.24) is 0 Å². The van der Waals surface area contributed by atoms with Gasteiger partial charge in [0.1, 0.15) is 7.85 Å². The molecule has 0 aliphatic heterocycles. The van der Waals surface area contributed by atoms with Crippen LogP contribution in [0.1, 0.15) is 12.5 Å². The average molecular weight is 202 g/mol. The summed E-state index contributed by atoms with van der Waals surface area (Å²) in [4.78, 5) is 0. The van der Waals surface area contributed by atoms with Gasteiger partial charge < -0.3 is 0 Å². The second kappa shape index (κ2) is 4.21. The van der Waals surface area contributed by atoms with E-state index in [-0.39, 0.29) is 5.31 Å². The van der Waals surface area contributed by atoms with Crippen LogP contribution in [0.3, 0.4) is 0 Å². The molecule has 2 rings (SSSR count). The van der Waals surface area contributed by atoms with Crippen molar-refractivity contribution in [2.75, 3.05) is 0 Å². The first-order valence-corrected chi connectivity index (χ1v) is 5.30. The van der Waals surface area contributed by atoms with Gasteiger partial charge in [0.2, 0.25) is 0 Å². The Hall–Kier alpha value is -1.43. The lowest BCUT2D eigenvalue weighted by Gasteiger charge is -2.13. The predicted molar refractivity (Wildman–Crippen MR) is 72.2 cm³/mol. The summed E-state index contributed by atoms with van der Waals surface area (Å²) < 4.78 is 0. The van der Waals surface area contributed by atoms with Crippen LogP contribution in [0.4, 0.5) is 0 Å². The number of hydrogen-bond acceptors (Lipinski definition) is 0. The largest absolute Gasteiger partial charge is 0.113 e. The van der Waals surface area contributed by atoms with Crippen molar-refractivity contribution < 1.29 is 0 Å². The fraction of sp³-hybridized carbons (Fsp3) is 0.143. The third-order valence-corrected chi connectivity index (χ3v) is 2.57. The van der Waals surface area contributed by atoms with Gasteiger partial charge in [-0.1, -0.05) is 67.0 Å². The molecule has 0 spiro atoms. The Kier molecular flexibility index (Phi) is 2.91. The Morgan fingerprint density at radius 2 is 2.00 bits per heavy atom. The van der Waals surface area contributed by atoms with Gasteiger partial charge in [0.05, 0.1) is 7.85 Å². The monoisotopic (exact) mass is 202 g/mol. The van der Waals surface area contributed by atoms with E-state index in [0.29, 0.717) is 0 Å². The van der Waals surface area contributed by atoms with Crippen molar-refractivity contribution in [2.24, 2.45) is 0 Å². The molecule has 4 radical (unpaired) electrons. The van der Waals surface area contributed by atoms with Crippen LogP contribution in [0.25, 0.3) is 5.57 Å². The summed E-state index contributed by atoms with van der Waals surface area (Å²) in [6.07, 6.45) is 10.0. The minimum atomic E-state index is -0.376. The molecule has 0 N–H and O–H groups in total. The highest BCUT2D eigenvalue weighted by Crippen LogP contribution is 2.29. The Morgan fingerprint density at radius 1 is 1.19 bits per heavy atom. The molecule has 1 aromatic rings. The third-order valence-electron chi connectivity index (χ3n) is 2.57. The summed E-state index contributed by atoms with van der Waals surface area (Å²) in [6, 6.07) is 7.84. The molecular formula is C14H12B2. The smallest absolute Gasteiger partial charge is 0.0961 e. The van der Waals surface area contributed by atoms with Crippen molar-refractivity contribution >= 4 is 26.7 Å². The van der Waals surface area contributed by atoms with E-state index in [9.17, 15) is 0 Å². The zero-order valence-electron chi connectivity index (χ0n) is 9.35. The summed E-state index contributed by atoms with van der Waals surface area (Å²) >= 11 is 0. The van der Waals surface area contributed by atoms with E-state index in [2.05, 4.69) is 0 Å². The molecule has 1 aliphatic rings. The standard InChI is InChI=1S/C14H12B2/c1-14(16)8-3-5-11(7-9-14)12-4-2-6-13(15)10-12/h2-10H,1H3. The molecule has 1 unspecified atom stereocenters. The number of hydrogen-bond donors (Lipinski definition) is 0. The minimum Gasteiger partial charge on any atom is -0.0961 e. The maximum absolute atomic E-state index is 6.02. The molecule has 0 saturated carbocycles. The summed E-state index contributed by atoms with van der Waals surface area (Å²) in [5, 5.41) is -0.376. The third kappa shape index (κ3) is 2.57. The van der Waals surface area contributed by atoms with Crippen molar-refractivity contribution in [3.05, 3.63) is 60.2 Å². The molecule has 0 nitrogen and oxygen atoms in total. The first-order chi connectivity index (χ1) is 7.57. The van der Waals surface area contributed by atoms with Crippen LogP contribution in [-0.2, 0) is 0 Å². The molecule has 0 amide bonds. The zero-order chi connectivity index (χ0) is 11.6. The van der Waals surface area contributed by atoms with E-state index in [0.717, 1.165) is 16.6 Å². The van der Waals surface area contributed by atoms with Gasteiger partial charge in [0.15, 0.2) is 0 Å². The van der Waals surface area contributed by atoms with Crippen LogP contribution < -0.4 is 5.46 Å². The second-order valence-electron chi connectivity index (χ2n) is 4.31. The molecule has 1 aliphatic carbocycles. The van der Waals surface area contributed by atoms with E-state index < -0.39 is 0 Å². The normalized spacial score (nSPS) is 23.9. The SMILES string of the molecule is [B]c1cccc(C2=CC=CC([B])(C)C=C2)c1. The quantitative estimate of drug-likeness (QED) is 0.613. The van der Waals surface area contributed by atoms with Gasteiger partial charge in [-0.05, 0) is 16.5 Å².